The fourth-order valence-electron chi connectivity index (χ4n) is 1.99. The molecular weight excluding hydrogens is 178 g/mol. The normalized spacial score (nSPS) is 18.4. The number of aromatic nitrogens is 3. The third-order valence-electron chi connectivity index (χ3n) is 2.70. The molecule has 4 nitrogen and oxygen atoms in total. The second kappa shape index (κ2) is 3.82. The Hall–Kier alpha value is -1.32. The Morgan fingerprint density at radius 3 is 2.86 bits per heavy atom. The molecule has 0 aromatic carbocycles. The van der Waals surface area contributed by atoms with Crippen LogP contribution in [0.5, 0.6) is 0 Å². The van der Waals surface area contributed by atoms with Gasteiger partial charge in [-0.25, -0.2) is 9.48 Å². The molecule has 1 aromatic heterocycles. The fraction of sp³-hybridized carbons (Fsp3) is 0.600. The van der Waals surface area contributed by atoms with Crippen molar-refractivity contribution in [1.29, 1.82) is 0 Å². The monoisotopic (exact) mass is 193 g/mol. The highest BCUT2D eigenvalue weighted by atomic mass is 16.2. The van der Waals surface area contributed by atoms with Gasteiger partial charge in [0.1, 0.15) is 6.33 Å². The maximum atomic E-state index is 11.8. The number of nitrogens with zero attached hydrogens (tertiary/aromatic N) is 3. The molecule has 0 spiro atoms. The zero-order chi connectivity index (χ0) is 9.97. The summed E-state index contributed by atoms with van der Waals surface area (Å²) in [6.45, 7) is 1.89. The molecule has 0 bridgehead atoms. The lowest BCUT2D eigenvalue weighted by Crippen LogP contribution is -2.25. The van der Waals surface area contributed by atoms with E-state index < -0.39 is 0 Å². The maximum absolute atomic E-state index is 11.8. The molecule has 0 radical (unpaired) electrons. The first-order chi connectivity index (χ1) is 6.83. The summed E-state index contributed by atoms with van der Waals surface area (Å²) in [5.41, 5.74) is -0.0185. The van der Waals surface area contributed by atoms with Crippen LogP contribution in [-0.2, 0) is 0 Å². The molecule has 1 saturated carbocycles. The van der Waals surface area contributed by atoms with E-state index in [4.69, 9.17) is 0 Å². The molecule has 0 aliphatic heterocycles. The lowest BCUT2D eigenvalue weighted by atomic mass is 10.3. The molecule has 1 aliphatic carbocycles. The predicted octanol–water partition coefficient (Wildman–Crippen LogP) is 1.65. The van der Waals surface area contributed by atoms with E-state index in [9.17, 15) is 4.79 Å². The number of allylic oxidation sites excluding steroid dienone is 1. The van der Waals surface area contributed by atoms with Crippen LogP contribution in [0.25, 0.3) is 6.20 Å². The van der Waals surface area contributed by atoms with E-state index in [0.717, 1.165) is 12.8 Å². The highest BCUT2D eigenvalue weighted by Crippen LogP contribution is 2.27. The summed E-state index contributed by atoms with van der Waals surface area (Å²) in [4.78, 5) is 11.8. The average Bonchev–Trinajstić information content (AvgIpc) is 2.77. The highest BCUT2D eigenvalue weighted by molar-refractivity contribution is 5.18. The first-order valence-electron chi connectivity index (χ1n) is 5.11. The van der Waals surface area contributed by atoms with Crippen molar-refractivity contribution >= 4 is 6.20 Å². The molecule has 1 aliphatic rings. The summed E-state index contributed by atoms with van der Waals surface area (Å²) in [6.07, 6.45) is 9.77. The number of hydrogen-bond donors (Lipinski definition) is 0. The largest absolute Gasteiger partial charge is 0.350 e. The van der Waals surface area contributed by atoms with Gasteiger partial charge in [-0.2, -0.15) is 5.10 Å². The standard InChI is InChI=1S/C10H15N3O/c1-2-7-12-8-11-13(10(12)14)9-5-3-4-6-9/h2,7-9H,3-6H2,1H3/b7-2-. The van der Waals surface area contributed by atoms with Crippen molar-refractivity contribution in [2.75, 3.05) is 0 Å². The minimum absolute atomic E-state index is 0.0185. The van der Waals surface area contributed by atoms with Crippen LogP contribution in [0, 0.1) is 0 Å². The summed E-state index contributed by atoms with van der Waals surface area (Å²) < 4.78 is 3.14. The Bertz CT molecular complexity index is 382. The van der Waals surface area contributed by atoms with Crippen LogP contribution in [0.2, 0.25) is 0 Å². The van der Waals surface area contributed by atoms with Crippen molar-refractivity contribution in [2.45, 2.75) is 38.6 Å². The Labute approximate surface area is 82.9 Å². The van der Waals surface area contributed by atoms with Crippen molar-refractivity contribution in [2.24, 2.45) is 0 Å². The van der Waals surface area contributed by atoms with Gasteiger partial charge in [0.25, 0.3) is 0 Å². The molecule has 2 rings (SSSR count). The number of rotatable bonds is 2. The van der Waals surface area contributed by atoms with E-state index in [0.29, 0.717) is 6.04 Å². The lowest BCUT2D eigenvalue weighted by Gasteiger charge is -2.06. The van der Waals surface area contributed by atoms with E-state index in [1.807, 2.05) is 13.0 Å². The summed E-state index contributed by atoms with van der Waals surface area (Å²) >= 11 is 0. The van der Waals surface area contributed by atoms with Gasteiger partial charge >= 0.3 is 5.69 Å². The summed E-state index contributed by atoms with van der Waals surface area (Å²) in [5, 5.41) is 4.13. The van der Waals surface area contributed by atoms with Crippen molar-refractivity contribution < 1.29 is 0 Å². The van der Waals surface area contributed by atoms with Crippen LogP contribution in [0.1, 0.15) is 38.6 Å². The first kappa shape index (κ1) is 9.24. The zero-order valence-electron chi connectivity index (χ0n) is 8.39. The Balaban J connectivity index is 2.30. The Kier molecular flexibility index (Phi) is 2.52. The minimum atomic E-state index is -0.0185. The molecule has 0 amide bonds. The number of hydrogen-bond acceptors (Lipinski definition) is 2. The molecule has 4 heteroatoms. The Morgan fingerprint density at radius 2 is 2.21 bits per heavy atom. The van der Waals surface area contributed by atoms with Gasteiger partial charge in [0, 0.05) is 6.20 Å². The van der Waals surface area contributed by atoms with E-state index >= 15 is 0 Å². The Morgan fingerprint density at radius 1 is 1.50 bits per heavy atom. The topological polar surface area (TPSA) is 39.8 Å². The third-order valence-corrected chi connectivity index (χ3v) is 2.70. The van der Waals surface area contributed by atoms with Gasteiger partial charge in [0.05, 0.1) is 6.04 Å². The van der Waals surface area contributed by atoms with Crippen LogP contribution >= 0.6 is 0 Å². The van der Waals surface area contributed by atoms with E-state index in [1.165, 1.54) is 17.4 Å². The second-order valence-corrected chi connectivity index (χ2v) is 3.69. The summed E-state index contributed by atoms with van der Waals surface area (Å²) in [6, 6.07) is 0.328. The lowest BCUT2D eigenvalue weighted by molar-refractivity contribution is 0.450. The molecule has 0 N–H and O–H groups in total. The molecule has 1 aromatic rings. The van der Waals surface area contributed by atoms with E-state index in [2.05, 4.69) is 5.10 Å². The average molecular weight is 193 g/mol. The summed E-state index contributed by atoms with van der Waals surface area (Å²) in [7, 11) is 0. The molecule has 1 fully saturated rings. The van der Waals surface area contributed by atoms with Gasteiger partial charge < -0.3 is 0 Å². The maximum Gasteiger partial charge on any atom is 0.350 e. The molecule has 0 atom stereocenters. The van der Waals surface area contributed by atoms with Gasteiger partial charge in [-0.3, -0.25) is 4.57 Å². The molecular formula is C10H15N3O. The molecule has 76 valence electrons. The second-order valence-electron chi connectivity index (χ2n) is 3.69. The van der Waals surface area contributed by atoms with E-state index in [1.54, 1.807) is 17.2 Å². The highest BCUT2D eigenvalue weighted by Gasteiger charge is 2.19. The first-order valence-corrected chi connectivity index (χ1v) is 5.11. The van der Waals surface area contributed by atoms with Crippen LogP contribution < -0.4 is 5.69 Å². The fourth-order valence-corrected chi connectivity index (χ4v) is 1.99. The van der Waals surface area contributed by atoms with Crippen molar-refractivity contribution in [3.05, 3.63) is 22.9 Å². The SMILES string of the molecule is C/C=C\n1cnn(C2CCCC2)c1=O. The van der Waals surface area contributed by atoms with Crippen molar-refractivity contribution in [1.82, 2.24) is 14.3 Å². The van der Waals surface area contributed by atoms with Gasteiger partial charge in [-0.05, 0) is 19.8 Å². The van der Waals surface area contributed by atoms with Gasteiger partial charge in [0.2, 0.25) is 0 Å². The smallest absolute Gasteiger partial charge is 0.257 e. The van der Waals surface area contributed by atoms with Crippen LogP contribution in [0.15, 0.2) is 17.2 Å². The third kappa shape index (κ3) is 1.52. The molecule has 14 heavy (non-hydrogen) atoms. The van der Waals surface area contributed by atoms with Crippen LogP contribution in [-0.4, -0.2) is 14.3 Å². The van der Waals surface area contributed by atoms with Gasteiger partial charge in [-0.15, -0.1) is 0 Å². The van der Waals surface area contributed by atoms with Crippen LogP contribution in [0.3, 0.4) is 0 Å². The molecule has 1 heterocycles. The van der Waals surface area contributed by atoms with Crippen molar-refractivity contribution in [3.8, 4) is 0 Å². The minimum Gasteiger partial charge on any atom is -0.257 e. The van der Waals surface area contributed by atoms with Crippen molar-refractivity contribution in [3.63, 3.8) is 0 Å². The van der Waals surface area contributed by atoms with Gasteiger partial charge in [-0.1, -0.05) is 18.9 Å². The van der Waals surface area contributed by atoms with Crippen LogP contribution in [0.4, 0.5) is 0 Å². The van der Waals surface area contributed by atoms with E-state index in [-0.39, 0.29) is 5.69 Å². The molecule has 0 unspecified atom stereocenters. The van der Waals surface area contributed by atoms with Gasteiger partial charge in [0.15, 0.2) is 0 Å². The quantitative estimate of drug-likeness (QED) is 0.716. The summed E-state index contributed by atoms with van der Waals surface area (Å²) in [5.74, 6) is 0. The predicted molar refractivity (Wildman–Crippen MR) is 55.0 cm³/mol. The zero-order valence-corrected chi connectivity index (χ0v) is 8.39. The molecule has 0 saturated heterocycles.